The molecule has 0 atom stereocenters. The van der Waals surface area contributed by atoms with E-state index in [-0.39, 0.29) is 37.3 Å². The van der Waals surface area contributed by atoms with E-state index < -0.39 is 10.0 Å². The largest absolute Gasteiger partial charge is 0.489 e. The Morgan fingerprint density at radius 3 is 2.49 bits per heavy atom. The first-order valence-electron chi connectivity index (χ1n) is 11.4. The quantitative estimate of drug-likeness (QED) is 0.475. The summed E-state index contributed by atoms with van der Waals surface area (Å²) in [6.45, 7) is 0.785. The summed E-state index contributed by atoms with van der Waals surface area (Å²) in [7, 11) is -3.55. The average Bonchev–Trinajstić information content (AvgIpc) is 2.87. The third-order valence-corrected chi connectivity index (χ3v) is 7.38. The molecule has 182 valence electrons. The monoisotopic (exact) mass is 494 g/mol. The van der Waals surface area contributed by atoms with Crippen molar-refractivity contribution in [2.75, 3.05) is 18.4 Å². The molecule has 1 aliphatic heterocycles. The Hall–Kier alpha value is -3.49. The van der Waals surface area contributed by atoms with Crippen molar-refractivity contribution < 1.29 is 22.3 Å². The molecule has 0 bridgehead atoms. The fourth-order valence-corrected chi connectivity index (χ4v) is 5.11. The number of piperidine rings is 1. The van der Waals surface area contributed by atoms with E-state index in [0.29, 0.717) is 29.8 Å². The first-order chi connectivity index (χ1) is 16.9. The van der Waals surface area contributed by atoms with E-state index in [2.05, 4.69) is 5.32 Å². The minimum Gasteiger partial charge on any atom is -0.489 e. The van der Waals surface area contributed by atoms with Crippen LogP contribution in [-0.4, -0.2) is 31.7 Å². The molecule has 1 heterocycles. The minimum atomic E-state index is -3.55. The van der Waals surface area contributed by atoms with Gasteiger partial charge in [-0.05, 0) is 54.3 Å². The lowest BCUT2D eigenvalue weighted by molar-refractivity contribution is -0.120. The van der Waals surface area contributed by atoms with Gasteiger partial charge in [-0.1, -0.05) is 48.5 Å². The second-order valence-electron chi connectivity index (χ2n) is 8.37. The molecule has 0 saturated carbocycles. The number of sulfonamides is 1. The summed E-state index contributed by atoms with van der Waals surface area (Å²) in [5.41, 5.74) is 2.11. The first-order valence-corrected chi connectivity index (χ1v) is 12.9. The van der Waals surface area contributed by atoms with Gasteiger partial charge in [0.05, 0.1) is 0 Å². The lowest BCUT2D eigenvalue weighted by atomic mass is 9.97. The van der Waals surface area contributed by atoms with E-state index in [1.807, 2.05) is 30.3 Å². The molecule has 8 heteroatoms. The molecule has 3 aromatic carbocycles. The highest BCUT2D eigenvalue weighted by Crippen LogP contribution is 2.24. The van der Waals surface area contributed by atoms with Gasteiger partial charge in [-0.3, -0.25) is 4.79 Å². The van der Waals surface area contributed by atoms with E-state index in [1.165, 1.54) is 21.8 Å². The van der Waals surface area contributed by atoms with Gasteiger partial charge in [-0.25, -0.2) is 12.8 Å². The highest BCUT2D eigenvalue weighted by Gasteiger charge is 2.30. The number of amides is 1. The van der Waals surface area contributed by atoms with E-state index in [4.69, 9.17) is 4.74 Å². The van der Waals surface area contributed by atoms with Crippen LogP contribution in [0, 0.1) is 11.7 Å². The van der Waals surface area contributed by atoms with E-state index in [9.17, 15) is 17.6 Å². The molecule has 6 nitrogen and oxygen atoms in total. The molecule has 1 N–H and O–H groups in total. The van der Waals surface area contributed by atoms with E-state index in [1.54, 1.807) is 42.5 Å². The fourth-order valence-electron chi connectivity index (χ4n) is 3.89. The molecule has 0 unspecified atom stereocenters. The number of nitrogens with zero attached hydrogens (tertiary/aromatic N) is 1. The van der Waals surface area contributed by atoms with Crippen LogP contribution in [-0.2, 0) is 21.4 Å². The molecule has 1 fully saturated rings. The Bertz CT molecular complexity index is 1290. The van der Waals surface area contributed by atoms with Crippen molar-refractivity contribution >= 4 is 27.7 Å². The van der Waals surface area contributed by atoms with Gasteiger partial charge in [0, 0.05) is 36.2 Å². The standard InChI is InChI=1S/C27H27FN2O4S/c28-24-9-4-8-22(18-24)20-34-26-11-5-10-25(19-26)29-27(31)23-12-15-30(16-13-23)35(32,33)17-14-21-6-2-1-3-7-21/h1-11,14,17-19,23H,12-13,15-16,20H2,(H,29,31)/b17-14+. The van der Waals surface area contributed by atoms with Crippen LogP contribution in [0.5, 0.6) is 5.75 Å². The molecule has 0 aromatic heterocycles. The molecule has 3 aromatic rings. The van der Waals surface area contributed by atoms with Gasteiger partial charge in [0.1, 0.15) is 18.2 Å². The first kappa shape index (κ1) is 24.6. The molecule has 4 rings (SSSR count). The number of hydrogen-bond acceptors (Lipinski definition) is 4. The third-order valence-electron chi connectivity index (χ3n) is 5.81. The predicted molar refractivity (Wildman–Crippen MR) is 134 cm³/mol. The van der Waals surface area contributed by atoms with Crippen LogP contribution in [0.15, 0.2) is 84.3 Å². The number of rotatable bonds is 8. The van der Waals surface area contributed by atoms with Gasteiger partial charge < -0.3 is 10.1 Å². The van der Waals surface area contributed by atoms with Crippen LogP contribution >= 0.6 is 0 Å². The van der Waals surface area contributed by atoms with Crippen LogP contribution in [0.1, 0.15) is 24.0 Å². The number of halogens is 1. The maximum Gasteiger partial charge on any atom is 0.236 e. The highest BCUT2D eigenvalue weighted by molar-refractivity contribution is 7.92. The summed E-state index contributed by atoms with van der Waals surface area (Å²) in [6, 6.07) is 22.5. The Balaban J connectivity index is 1.29. The molecular weight excluding hydrogens is 467 g/mol. The zero-order valence-electron chi connectivity index (χ0n) is 19.1. The second kappa shape index (κ2) is 11.3. The van der Waals surface area contributed by atoms with Crippen LogP contribution in [0.4, 0.5) is 10.1 Å². The maximum atomic E-state index is 13.3. The van der Waals surface area contributed by atoms with Crippen molar-refractivity contribution in [2.45, 2.75) is 19.4 Å². The van der Waals surface area contributed by atoms with E-state index >= 15 is 0 Å². The van der Waals surface area contributed by atoms with Gasteiger partial charge in [-0.15, -0.1) is 0 Å². The Kier molecular flexibility index (Phi) is 7.94. The minimum absolute atomic E-state index is 0.149. The van der Waals surface area contributed by atoms with Gasteiger partial charge >= 0.3 is 0 Å². The smallest absolute Gasteiger partial charge is 0.236 e. The Morgan fingerprint density at radius 2 is 1.74 bits per heavy atom. The van der Waals surface area contributed by atoms with Gasteiger partial charge in [0.25, 0.3) is 0 Å². The molecule has 1 saturated heterocycles. The van der Waals surface area contributed by atoms with Crippen LogP contribution < -0.4 is 10.1 Å². The number of nitrogens with one attached hydrogen (secondary N) is 1. The van der Waals surface area contributed by atoms with Gasteiger partial charge in [-0.2, -0.15) is 4.31 Å². The second-order valence-corrected chi connectivity index (χ2v) is 10.2. The summed E-state index contributed by atoms with van der Waals surface area (Å²) < 4.78 is 45.8. The van der Waals surface area contributed by atoms with Crippen LogP contribution in [0.2, 0.25) is 0 Å². The van der Waals surface area contributed by atoms with E-state index in [0.717, 1.165) is 5.56 Å². The molecular formula is C27H27FN2O4S. The summed E-state index contributed by atoms with van der Waals surface area (Å²) in [6.07, 6.45) is 2.47. The number of anilines is 1. The summed E-state index contributed by atoms with van der Waals surface area (Å²) in [5.74, 6) is -0.197. The molecule has 0 aliphatic carbocycles. The number of ether oxygens (including phenoxy) is 1. The topological polar surface area (TPSA) is 75.7 Å². The summed E-state index contributed by atoms with van der Waals surface area (Å²) in [4.78, 5) is 12.8. The van der Waals surface area contributed by atoms with Crippen molar-refractivity contribution in [1.29, 1.82) is 0 Å². The molecule has 0 spiro atoms. The van der Waals surface area contributed by atoms with Crippen molar-refractivity contribution in [3.05, 3.63) is 101 Å². The number of hydrogen-bond donors (Lipinski definition) is 1. The Morgan fingerprint density at radius 1 is 1.00 bits per heavy atom. The Labute approximate surface area is 205 Å². The summed E-state index contributed by atoms with van der Waals surface area (Å²) >= 11 is 0. The highest BCUT2D eigenvalue weighted by atomic mass is 32.2. The van der Waals surface area contributed by atoms with Gasteiger partial charge in [0.2, 0.25) is 15.9 Å². The zero-order chi connectivity index (χ0) is 24.7. The van der Waals surface area contributed by atoms with Crippen molar-refractivity contribution in [3.63, 3.8) is 0 Å². The molecule has 1 aliphatic rings. The molecule has 1 amide bonds. The van der Waals surface area contributed by atoms with Crippen LogP contribution in [0.25, 0.3) is 6.08 Å². The molecule has 0 radical (unpaired) electrons. The summed E-state index contributed by atoms with van der Waals surface area (Å²) in [5, 5.41) is 4.12. The average molecular weight is 495 g/mol. The number of carbonyl (C=O) groups is 1. The normalized spacial score (nSPS) is 15.2. The number of benzene rings is 3. The fraction of sp³-hybridized carbons (Fsp3) is 0.222. The third kappa shape index (κ3) is 7.00. The lowest BCUT2D eigenvalue weighted by Crippen LogP contribution is -2.40. The van der Waals surface area contributed by atoms with Gasteiger partial charge in [0.15, 0.2) is 0 Å². The van der Waals surface area contributed by atoms with Crippen molar-refractivity contribution in [1.82, 2.24) is 4.31 Å². The van der Waals surface area contributed by atoms with Crippen LogP contribution in [0.3, 0.4) is 0 Å². The van der Waals surface area contributed by atoms with Crippen molar-refractivity contribution in [2.24, 2.45) is 5.92 Å². The van der Waals surface area contributed by atoms with Crippen molar-refractivity contribution in [3.8, 4) is 5.75 Å². The SMILES string of the molecule is O=C(Nc1cccc(OCc2cccc(F)c2)c1)C1CCN(S(=O)(=O)/C=C/c2ccccc2)CC1. The predicted octanol–water partition coefficient (Wildman–Crippen LogP) is 5.06. The lowest BCUT2D eigenvalue weighted by Gasteiger charge is -2.29. The molecule has 35 heavy (non-hydrogen) atoms. The number of carbonyl (C=O) groups excluding carboxylic acids is 1. The zero-order valence-corrected chi connectivity index (χ0v) is 20.0. The maximum absolute atomic E-state index is 13.3.